The average Bonchev–Trinajstić information content (AvgIpc) is 2.67. The number of hydrogen-bond donors (Lipinski definition) is 3. The molecule has 2 rings (SSSR count). The predicted octanol–water partition coefficient (Wildman–Crippen LogP) is -0.678. The van der Waals surface area contributed by atoms with Crippen LogP contribution in [0.5, 0.6) is 0 Å². The van der Waals surface area contributed by atoms with Gasteiger partial charge >= 0.3 is 12.0 Å². The number of carbonyl (C=O) groups is 3. The van der Waals surface area contributed by atoms with Crippen LogP contribution in [-0.2, 0) is 16.1 Å². The Morgan fingerprint density at radius 2 is 2.30 bits per heavy atom. The first-order chi connectivity index (χ1) is 9.54. The van der Waals surface area contributed by atoms with Crippen LogP contribution in [0.15, 0.2) is 12.4 Å². The van der Waals surface area contributed by atoms with Gasteiger partial charge in [-0.25, -0.2) is 4.79 Å². The molecule has 0 saturated carbocycles. The van der Waals surface area contributed by atoms with Crippen molar-refractivity contribution in [3.05, 3.63) is 12.4 Å². The van der Waals surface area contributed by atoms with Crippen molar-refractivity contribution in [3.63, 3.8) is 0 Å². The molecule has 1 fully saturated rings. The van der Waals surface area contributed by atoms with Crippen molar-refractivity contribution in [1.82, 2.24) is 20.0 Å². The largest absolute Gasteiger partial charge is 0.480 e. The summed E-state index contributed by atoms with van der Waals surface area (Å²) in [5, 5.41) is 17.7. The van der Waals surface area contributed by atoms with E-state index in [1.54, 1.807) is 0 Å². The molecular formula is C11H15N5O4. The van der Waals surface area contributed by atoms with Gasteiger partial charge in [0.25, 0.3) is 0 Å². The molecular weight excluding hydrogens is 266 g/mol. The summed E-state index contributed by atoms with van der Waals surface area (Å²) in [6.07, 6.45) is 3.47. The smallest absolute Gasteiger partial charge is 0.325 e. The predicted molar refractivity (Wildman–Crippen MR) is 68.1 cm³/mol. The zero-order valence-electron chi connectivity index (χ0n) is 10.7. The fourth-order valence-corrected chi connectivity index (χ4v) is 1.84. The summed E-state index contributed by atoms with van der Waals surface area (Å²) in [6.45, 7) is 0.768. The summed E-state index contributed by atoms with van der Waals surface area (Å²) < 4.78 is 1.20. The number of aliphatic carboxylic acids is 1. The van der Waals surface area contributed by atoms with Crippen LogP contribution in [0.1, 0.15) is 6.42 Å². The van der Waals surface area contributed by atoms with E-state index in [1.165, 1.54) is 22.0 Å². The van der Waals surface area contributed by atoms with Crippen molar-refractivity contribution in [2.75, 3.05) is 25.0 Å². The molecule has 0 radical (unpaired) electrons. The minimum atomic E-state index is -1.02. The topological polar surface area (TPSA) is 117 Å². The normalized spacial score (nSPS) is 15.4. The molecule has 0 aliphatic carbocycles. The summed E-state index contributed by atoms with van der Waals surface area (Å²) in [5.74, 6) is -1.21. The Balaban J connectivity index is 1.94. The van der Waals surface area contributed by atoms with E-state index in [4.69, 9.17) is 5.11 Å². The third-order valence-corrected chi connectivity index (χ3v) is 2.73. The maximum absolute atomic E-state index is 12.0. The molecule has 1 aromatic rings. The van der Waals surface area contributed by atoms with Crippen LogP contribution >= 0.6 is 0 Å². The van der Waals surface area contributed by atoms with E-state index >= 15 is 0 Å². The Kier molecular flexibility index (Phi) is 4.18. The highest BCUT2D eigenvalue weighted by Gasteiger charge is 2.20. The van der Waals surface area contributed by atoms with E-state index in [9.17, 15) is 14.4 Å². The van der Waals surface area contributed by atoms with Gasteiger partial charge in [0.05, 0.1) is 11.9 Å². The van der Waals surface area contributed by atoms with Crippen LogP contribution in [0.4, 0.5) is 10.5 Å². The van der Waals surface area contributed by atoms with Crippen molar-refractivity contribution in [1.29, 1.82) is 0 Å². The molecule has 20 heavy (non-hydrogen) atoms. The third kappa shape index (κ3) is 3.70. The Bertz CT molecular complexity index is 527. The molecule has 0 spiro atoms. The molecule has 1 aromatic heterocycles. The molecule has 3 amide bonds. The van der Waals surface area contributed by atoms with Crippen molar-refractivity contribution in [2.24, 2.45) is 0 Å². The lowest BCUT2D eigenvalue weighted by atomic mass is 10.4. The second-order valence-corrected chi connectivity index (χ2v) is 4.38. The van der Waals surface area contributed by atoms with Crippen molar-refractivity contribution >= 4 is 23.6 Å². The average molecular weight is 281 g/mol. The van der Waals surface area contributed by atoms with Gasteiger partial charge in [-0.1, -0.05) is 0 Å². The minimum Gasteiger partial charge on any atom is -0.480 e. The SMILES string of the molecule is O=C(O)Cn1cc(NC(=O)N2CCCNC(=O)C2)cn1. The number of carboxylic acid groups (broad SMARTS) is 1. The van der Waals surface area contributed by atoms with Crippen LogP contribution in [0.2, 0.25) is 0 Å². The standard InChI is InChI=1S/C11H15N5O4/c17-9-6-15(3-1-2-12-9)11(20)14-8-4-13-16(5-8)7-10(18)19/h4-5H,1-3,6-7H2,(H,12,17)(H,14,20)(H,18,19). The molecule has 1 saturated heterocycles. The van der Waals surface area contributed by atoms with Gasteiger partial charge in [0.2, 0.25) is 5.91 Å². The first kappa shape index (κ1) is 13.8. The molecule has 3 N–H and O–H groups in total. The fourth-order valence-electron chi connectivity index (χ4n) is 1.84. The molecule has 0 unspecified atom stereocenters. The monoisotopic (exact) mass is 281 g/mol. The van der Waals surface area contributed by atoms with Crippen molar-refractivity contribution in [2.45, 2.75) is 13.0 Å². The summed E-state index contributed by atoms with van der Waals surface area (Å²) >= 11 is 0. The maximum atomic E-state index is 12.0. The molecule has 0 bridgehead atoms. The Morgan fingerprint density at radius 1 is 1.50 bits per heavy atom. The Morgan fingerprint density at radius 3 is 3.05 bits per heavy atom. The zero-order valence-corrected chi connectivity index (χ0v) is 10.7. The highest BCUT2D eigenvalue weighted by Crippen LogP contribution is 2.07. The number of carboxylic acids is 1. The highest BCUT2D eigenvalue weighted by molar-refractivity contribution is 5.92. The lowest BCUT2D eigenvalue weighted by Gasteiger charge is -2.18. The molecule has 9 nitrogen and oxygen atoms in total. The Labute approximate surface area is 114 Å². The van der Waals surface area contributed by atoms with Gasteiger partial charge in [0, 0.05) is 19.3 Å². The summed E-state index contributed by atoms with van der Waals surface area (Å²) in [5.41, 5.74) is 0.390. The molecule has 0 aromatic carbocycles. The van der Waals surface area contributed by atoms with E-state index in [-0.39, 0.29) is 19.0 Å². The number of urea groups is 1. The van der Waals surface area contributed by atoms with Gasteiger partial charge in [-0.3, -0.25) is 14.3 Å². The van der Waals surface area contributed by atoms with E-state index in [1.807, 2.05) is 0 Å². The van der Waals surface area contributed by atoms with Gasteiger partial charge in [0.1, 0.15) is 13.1 Å². The van der Waals surface area contributed by atoms with Gasteiger partial charge in [-0.2, -0.15) is 5.10 Å². The summed E-state index contributed by atoms with van der Waals surface area (Å²) in [4.78, 5) is 35.3. The first-order valence-corrected chi connectivity index (χ1v) is 6.11. The summed E-state index contributed by atoms with van der Waals surface area (Å²) in [7, 11) is 0. The van der Waals surface area contributed by atoms with Gasteiger partial charge in [-0.15, -0.1) is 0 Å². The number of nitrogens with one attached hydrogen (secondary N) is 2. The zero-order chi connectivity index (χ0) is 14.5. The number of aromatic nitrogens is 2. The fraction of sp³-hybridized carbons (Fsp3) is 0.455. The van der Waals surface area contributed by atoms with Gasteiger partial charge in [0.15, 0.2) is 0 Å². The van der Waals surface area contributed by atoms with Crippen LogP contribution in [0, 0.1) is 0 Å². The number of hydrogen-bond acceptors (Lipinski definition) is 4. The number of carbonyl (C=O) groups excluding carboxylic acids is 2. The van der Waals surface area contributed by atoms with Crippen molar-refractivity contribution in [3.8, 4) is 0 Å². The van der Waals surface area contributed by atoms with Gasteiger partial charge < -0.3 is 20.6 Å². The van der Waals surface area contributed by atoms with E-state index < -0.39 is 12.0 Å². The highest BCUT2D eigenvalue weighted by atomic mass is 16.4. The lowest BCUT2D eigenvalue weighted by molar-refractivity contribution is -0.137. The summed E-state index contributed by atoms with van der Waals surface area (Å²) in [6, 6.07) is -0.406. The van der Waals surface area contributed by atoms with E-state index in [0.29, 0.717) is 25.2 Å². The number of anilines is 1. The number of rotatable bonds is 3. The van der Waals surface area contributed by atoms with Crippen molar-refractivity contribution < 1.29 is 19.5 Å². The minimum absolute atomic E-state index is 0.00902. The number of amides is 3. The van der Waals surface area contributed by atoms with Crippen LogP contribution < -0.4 is 10.6 Å². The molecule has 2 heterocycles. The molecule has 108 valence electrons. The van der Waals surface area contributed by atoms with E-state index in [0.717, 1.165) is 0 Å². The second kappa shape index (κ2) is 6.04. The lowest BCUT2D eigenvalue weighted by Crippen LogP contribution is -2.39. The Hall–Kier alpha value is -2.58. The van der Waals surface area contributed by atoms with Crippen LogP contribution in [0.25, 0.3) is 0 Å². The molecule has 0 atom stereocenters. The molecule has 1 aliphatic heterocycles. The van der Waals surface area contributed by atoms with Gasteiger partial charge in [-0.05, 0) is 6.42 Å². The molecule has 9 heteroatoms. The maximum Gasteiger partial charge on any atom is 0.325 e. The van der Waals surface area contributed by atoms with Crippen LogP contribution in [-0.4, -0.2) is 57.3 Å². The van der Waals surface area contributed by atoms with Crippen LogP contribution in [0.3, 0.4) is 0 Å². The van der Waals surface area contributed by atoms with E-state index in [2.05, 4.69) is 15.7 Å². The second-order valence-electron chi connectivity index (χ2n) is 4.38. The quantitative estimate of drug-likeness (QED) is 0.679. The number of nitrogens with zero attached hydrogens (tertiary/aromatic N) is 3. The molecule has 1 aliphatic rings. The first-order valence-electron chi connectivity index (χ1n) is 6.11. The third-order valence-electron chi connectivity index (χ3n) is 2.73.